The number of aromatic nitrogens is 3. The van der Waals surface area contributed by atoms with Crippen LogP contribution in [0.5, 0.6) is 17.2 Å². The standard InChI is InChI=1S/C28H33N5O4/c1-6-32(7-2)20-10-8-17(9-11-20)26-25-21(31-28-29-16-30-33(26)28)12-18(13-22(25)34)19-14-23(35-3)27(37-5)24(15-19)36-4/h8-11,14-16,18,26H,6-7,12-13H2,1-5H3,(H,29,30,31)/t18-,26-/m1/s1. The summed E-state index contributed by atoms with van der Waals surface area (Å²) in [6.45, 7) is 6.17. The molecule has 194 valence electrons. The van der Waals surface area contributed by atoms with Crippen LogP contribution in [0.15, 0.2) is 54.0 Å². The third-order valence-corrected chi connectivity index (χ3v) is 7.36. The van der Waals surface area contributed by atoms with Crippen molar-refractivity contribution in [2.75, 3.05) is 44.6 Å². The maximum Gasteiger partial charge on any atom is 0.226 e. The lowest BCUT2D eigenvalue weighted by Gasteiger charge is -2.35. The summed E-state index contributed by atoms with van der Waals surface area (Å²) in [6.07, 6.45) is 2.55. The number of hydrogen-bond donors (Lipinski definition) is 1. The van der Waals surface area contributed by atoms with Crippen molar-refractivity contribution < 1.29 is 19.0 Å². The van der Waals surface area contributed by atoms with Crippen molar-refractivity contribution in [2.45, 2.75) is 38.6 Å². The molecule has 9 nitrogen and oxygen atoms in total. The van der Waals surface area contributed by atoms with Gasteiger partial charge in [-0.05, 0) is 61.6 Å². The molecule has 0 amide bonds. The van der Waals surface area contributed by atoms with Crippen molar-refractivity contribution >= 4 is 17.4 Å². The number of allylic oxidation sites excluding steroid dienone is 2. The normalized spacial score (nSPS) is 18.6. The Kier molecular flexibility index (Phi) is 6.78. The van der Waals surface area contributed by atoms with Gasteiger partial charge in [-0.1, -0.05) is 12.1 Å². The minimum Gasteiger partial charge on any atom is -0.493 e. The van der Waals surface area contributed by atoms with Crippen LogP contribution in [0.2, 0.25) is 0 Å². The second kappa shape index (κ2) is 10.2. The van der Waals surface area contributed by atoms with Crippen LogP contribution in [0.3, 0.4) is 0 Å². The Hall–Kier alpha value is -4.01. The van der Waals surface area contributed by atoms with Crippen LogP contribution in [-0.4, -0.2) is 55.0 Å². The van der Waals surface area contributed by atoms with Gasteiger partial charge in [0.25, 0.3) is 0 Å². The van der Waals surface area contributed by atoms with E-state index >= 15 is 0 Å². The van der Waals surface area contributed by atoms with Gasteiger partial charge in [-0.15, -0.1) is 0 Å². The summed E-state index contributed by atoms with van der Waals surface area (Å²) in [7, 11) is 4.77. The van der Waals surface area contributed by atoms with Gasteiger partial charge >= 0.3 is 0 Å². The minimum atomic E-state index is -0.326. The molecule has 0 saturated heterocycles. The number of benzene rings is 2. The summed E-state index contributed by atoms with van der Waals surface area (Å²) in [5.41, 5.74) is 4.76. The summed E-state index contributed by atoms with van der Waals surface area (Å²) in [4.78, 5) is 20.5. The topological polar surface area (TPSA) is 90.7 Å². The smallest absolute Gasteiger partial charge is 0.226 e. The van der Waals surface area contributed by atoms with Crippen LogP contribution in [0.4, 0.5) is 11.6 Å². The molecule has 5 rings (SSSR count). The maximum atomic E-state index is 13.8. The largest absolute Gasteiger partial charge is 0.493 e. The monoisotopic (exact) mass is 503 g/mol. The first-order valence-electron chi connectivity index (χ1n) is 12.6. The number of nitrogens with one attached hydrogen (secondary N) is 1. The van der Waals surface area contributed by atoms with Crippen molar-refractivity contribution in [3.63, 3.8) is 0 Å². The fourth-order valence-corrected chi connectivity index (χ4v) is 5.49. The molecule has 0 bridgehead atoms. The van der Waals surface area contributed by atoms with Crippen LogP contribution >= 0.6 is 0 Å². The van der Waals surface area contributed by atoms with Crippen molar-refractivity contribution in [1.82, 2.24) is 14.8 Å². The van der Waals surface area contributed by atoms with E-state index in [1.54, 1.807) is 21.3 Å². The summed E-state index contributed by atoms with van der Waals surface area (Å²) < 4.78 is 18.4. The number of rotatable bonds is 8. The highest BCUT2D eigenvalue weighted by Gasteiger charge is 2.39. The Labute approximate surface area is 217 Å². The zero-order chi connectivity index (χ0) is 26.1. The molecule has 0 radical (unpaired) electrons. The molecule has 1 aromatic heterocycles. The molecule has 9 heteroatoms. The highest BCUT2D eigenvalue weighted by atomic mass is 16.5. The molecule has 1 aliphatic heterocycles. The molecule has 0 unspecified atom stereocenters. The van der Waals surface area contributed by atoms with Crippen molar-refractivity contribution in [3.8, 4) is 17.2 Å². The first kappa shape index (κ1) is 24.7. The number of hydrogen-bond acceptors (Lipinski definition) is 8. The quantitative estimate of drug-likeness (QED) is 0.478. The van der Waals surface area contributed by atoms with Gasteiger partial charge < -0.3 is 24.4 Å². The lowest BCUT2D eigenvalue weighted by molar-refractivity contribution is -0.116. The number of carbonyl (C=O) groups excluding carboxylic acids is 1. The third kappa shape index (κ3) is 4.28. The molecular formula is C28H33N5O4. The fraction of sp³-hybridized carbons (Fsp3) is 0.393. The number of carbonyl (C=O) groups is 1. The van der Waals surface area contributed by atoms with E-state index in [0.29, 0.717) is 36.0 Å². The average molecular weight is 504 g/mol. The number of anilines is 2. The first-order chi connectivity index (χ1) is 18.0. The van der Waals surface area contributed by atoms with Crippen LogP contribution in [0.1, 0.15) is 49.8 Å². The van der Waals surface area contributed by atoms with Crippen LogP contribution < -0.4 is 24.4 Å². The number of fused-ring (bicyclic) bond motifs is 1. The molecule has 37 heavy (non-hydrogen) atoms. The minimum absolute atomic E-state index is 0.0485. The van der Waals surface area contributed by atoms with Gasteiger partial charge in [-0.25, -0.2) is 4.68 Å². The van der Waals surface area contributed by atoms with Gasteiger partial charge in [0.05, 0.1) is 21.3 Å². The number of methoxy groups -OCH3 is 3. The highest BCUT2D eigenvalue weighted by Crippen LogP contribution is 2.47. The summed E-state index contributed by atoms with van der Waals surface area (Å²) in [6, 6.07) is 12.0. The molecular weight excluding hydrogens is 470 g/mol. The van der Waals surface area contributed by atoms with Gasteiger partial charge in [0.2, 0.25) is 11.7 Å². The second-order valence-corrected chi connectivity index (χ2v) is 9.20. The Morgan fingerprint density at radius 2 is 1.65 bits per heavy atom. The van der Waals surface area contributed by atoms with E-state index in [1.165, 1.54) is 6.33 Å². The molecule has 2 atom stereocenters. The number of Topliss-reactive ketones (excluding diaryl/α,β-unsaturated/α-hetero) is 1. The highest BCUT2D eigenvalue weighted by molar-refractivity contribution is 6.00. The molecule has 1 aliphatic carbocycles. The van der Waals surface area contributed by atoms with E-state index < -0.39 is 0 Å². The molecule has 1 N–H and O–H groups in total. The van der Waals surface area contributed by atoms with Gasteiger partial charge in [-0.2, -0.15) is 10.1 Å². The van der Waals surface area contributed by atoms with Crippen LogP contribution in [-0.2, 0) is 4.79 Å². The number of nitrogens with zero attached hydrogens (tertiary/aromatic N) is 4. The second-order valence-electron chi connectivity index (χ2n) is 9.20. The van der Waals surface area contributed by atoms with Crippen LogP contribution in [0, 0.1) is 0 Å². The Morgan fingerprint density at radius 1 is 0.973 bits per heavy atom. The van der Waals surface area contributed by atoms with Crippen molar-refractivity contribution in [1.29, 1.82) is 0 Å². The molecule has 0 spiro atoms. The summed E-state index contributed by atoms with van der Waals surface area (Å²) >= 11 is 0. The molecule has 3 aromatic rings. The lowest BCUT2D eigenvalue weighted by Crippen LogP contribution is -2.33. The zero-order valence-electron chi connectivity index (χ0n) is 21.9. The number of ketones is 1. The fourth-order valence-electron chi connectivity index (χ4n) is 5.49. The van der Waals surface area contributed by atoms with Crippen LogP contribution in [0.25, 0.3) is 0 Å². The Morgan fingerprint density at radius 3 is 2.24 bits per heavy atom. The predicted molar refractivity (Wildman–Crippen MR) is 142 cm³/mol. The van der Waals surface area contributed by atoms with E-state index in [1.807, 2.05) is 16.8 Å². The molecule has 0 saturated carbocycles. The maximum absolute atomic E-state index is 13.8. The van der Waals surface area contributed by atoms with E-state index in [-0.39, 0.29) is 17.7 Å². The molecule has 2 aliphatic rings. The van der Waals surface area contributed by atoms with Crippen molar-refractivity contribution in [2.24, 2.45) is 0 Å². The van der Waals surface area contributed by atoms with E-state index in [4.69, 9.17) is 14.2 Å². The average Bonchev–Trinajstić information content (AvgIpc) is 3.40. The van der Waals surface area contributed by atoms with Gasteiger partial charge in [0.15, 0.2) is 17.3 Å². The van der Waals surface area contributed by atoms with Crippen molar-refractivity contribution in [3.05, 3.63) is 65.1 Å². The molecule has 0 fully saturated rings. The SMILES string of the molecule is CCN(CC)c1ccc([C@@H]2C3=C(C[C@@H](c4cc(OC)c(OC)c(OC)c4)CC3=O)Nc3ncnn32)cc1. The van der Waals surface area contributed by atoms with E-state index in [2.05, 4.69) is 58.4 Å². The zero-order valence-corrected chi connectivity index (χ0v) is 21.9. The third-order valence-electron chi connectivity index (χ3n) is 7.36. The van der Waals surface area contributed by atoms with Gasteiger partial charge in [0.1, 0.15) is 12.4 Å². The van der Waals surface area contributed by atoms with E-state index in [9.17, 15) is 4.79 Å². The van der Waals surface area contributed by atoms with Gasteiger partial charge in [-0.3, -0.25) is 4.79 Å². The summed E-state index contributed by atoms with van der Waals surface area (Å²) in [5.74, 6) is 2.36. The summed E-state index contributed by atoms with van der Waals surface area (Å²) in [5, 5.41) is 7.86. The first-order valence-corrected chi connectivity index (χ1v) is 12.6. The molecule has 2 aromatic carbocycles. The Bertz CT molecular complexity index is 1300. The number of ether oxygens (including phenoxy) is 3. The van der Waals surface area contributed by atoms with E-state index in [0.717, 1.165) is 41.2 Å². The Balaban J connectivity index is 1.53. The lowest BCUT2D eigenvalue weighted by atomic mass is 9.77. The predicted octanol–water partition coefficient (Wildman–Crippen LogP) is 4.57. The van der Waals surface area contributed by atoms with Gasteiger partial charge in [0, 0.05) is 36.5 Å². The molecule has 2 heterocycles.